The zero-order chi connectivity index (χ0) is 8.97. The van der Waals surface area contributed by atoms with E-state index in [1.54, 1.807) is 0 Å². The number of hydrogen-bond donors (Lipinski definition) is 2. The van der Waals surface area contributed by atoms with Crippen LogP contribution in [0.3, 0.4) is 0 Å². The van der Waals surface area contributed by atoms with E-state index in [9.17, 15) is 0 Å². The van der Waals surface area contributed by atoms with Crippen molar-refractivity contribution in [2.24, 2.45) is 16.8 Å². The monoisotopic (exact) mass is 169 g/mol. The highest BCUT2D eigenvalue weighted by molar-refractivity contribution is 5.81. The molecule has 0 spiro atoms. The summed E-state index contributed by atoms with van der Waals surface area (Å²) in [6.45, 7) is 8.61. The fourth-order valence-electron chi connectivity index (χ4n) is 1.19. The van der Waals surface area contributed by atoms with Crippen molar-refractivity contribution >= 4 is 5.84 Å². The van der Waals surface area contributed by atoms with E-state index in [0.717, 1.165) is 25.3 Å². The van der Waals surface area contributed by atoms with Crippen molar-refractivity contribution in [2.45, 2.75) is 27.2 Å². The maximum Gasteiger partial charge on any atom is 0.110 e. The van der Waals surface area contributed by atoms with E-state index in [4.69, 9.17) is 0 Å². The second kappa shape index (κ2) is 4.45. The Morgan fingerprint density at radius 1 is 1.42 bits per heavy atom. The molecule has 0 bridgehead atoms. The van der Waals surface area contributed by atoms with Crippen LogP contribution in [0.1, 0.15) is 27.2 Å². The maximum atomic E-state index is 4.48. The lowest BCUT2D eigenvalue weighted by molar-refractivity contribution is 0.358. The van der Waals surface area contributed by atoms with Crippen molar-refractivity contribution in [1.29, 1.82) is 0 Å². The van der Waals surface area contributed by atoms with E-state index in [2.05, 4.69) is 36.6 Å². The standard InChI is InChI=1S/C9H19N3/c1-4-9-10-5-7(2)8(3)6-11-12-9/h7-8,11H,4-6H2,1-3H3,(H,10,12). The Labute approximate surface area is 74.6 Å². The second-order valence-electron chi connectivity index (χ2n) is 3.60. The van der Waals surface area contributed by atoms with Crippen LogP contribution in [0.25, 0.3) is 0 Å². The smallest absolute Gasteiger partial charge is 0.110 e. The summed E-state index contributed by atoms with van der Waals surface area (Å²) in [7, 11) is 0. The summed E-state index contributed by atoms with van der Waals surface area (Å²) in [6.07, 6.45) is 0.980. The van der Waals surface area contributed by atoms with Gasteiger partial charge in [-0.1, -0.05) is 20.8 Å². The zero-order valence-electron chi connectivity index (χ0n) is 8.22. The minimum Gasteiger partial charge on any atom is -0.310 e. The predicted molar refractivity (Wildman–Crippen MR) is 52.1 cm³/mol. The predicted octanol–water partition coefficient (Wildman–Crippen LogP) is 1.17. The number of hydrazine groups is 1. The van der Waals surface area contributed by atoms with Gasteiger partial charge in [-0.3, -0.25) is 4.99 Å². The average molecular weight is 169 g/mol. The zero-order valence-corrected chi connectivity index (χ0v) is 8.22. The van der Waals surface area contributed by atoms with Gasteiger partial charge in [0.05, 0.1) is 0 Å². The molecule has 0 saturated heterocycles. The Bertz CT molecular complexity index is 165. The van der Waals surface area contributed by atoms with Crippen molar-refractivity contribution in [3.63, 3.8) is 0 Å². The molecule has 70 valence electrons. The van der Waals surface area contributed by atoms with Crippen LogP contribution in [0.5, 0.6) is 0 Å². The lowest BCUT2D eigenvalue weighted by Gasteiger charge is -2.23. The summed E-state index contributed by atoms with van der Waals surface area (Å²) in [5.41, 5.74) is 6.31. The van der Waals surface area contributed by atoms with Gasteiger partial charge in [0.2, 0.25) is 0 Å². The molecule has 2 atom stereocenters. The van der Waals surface area contributed by atoms with Gasteiger partial charge in [0.25, 0.3) is 0 Å². The number of aliphatic imine (C=N–C) groups is 1. The largest absolute Gasteiger partial charge is 0.310 e. The molecule has 0 saturated carbocycles. The number of rotatable bonds is 1. The van der Waals surface area contributed by atoms with Crippen molar-refractivity contribution in [3.8, 4) is 0 Å². The first-order valence-corrected chi connectivity index (χ1v) is 4.76. The van der Waals surface area contributed by atoms with Gasteiger partial charge in [0.15, 0.2) is 0 Å². The van der Waals surface area contributed by atoms with Crippen LogP contribution in [0.15, 0.2) is 4.99 Å². The van der Waals surface area contributed by atoms with Crippen LogP contribution < -0.4 is 10.9 Å². The SMILES string of the molecule is CCC1=NCC(C)C(C)CNN1. The molecule has 1 aliphatic rings. The Morgan fingerprint density at radius 3 is 2.83 bits per heavy atom. The average Bonchev–Trinajstić information content (AvgIpc) is 2.07. The van der Waals surface area contributed by atoms with Crippen LogP contribution in [-0.2, 0) is 0 Å². The first-order valence-electron chi connectivity index (χ1n) is 4.76. The number of nitrogens with zero attached hydrogens (tertiary/aromatic N) is 1. The van der Waals surface area contributed by atoms with Crippen molar-refractivity contribution < 1.29 is 0 Å². The molecule has 2 N–H and O–H groups in total. The molecule has 0 aromatic rings. The number of nitrogens with one attached hydrogen (secondary N) is 2. The van der Waals surface area contributed by atoms with Gasteiger partial charge < -0.3 is 5.43 Å². The van der Waals surface area contributed by atoms with Gasteiger partial charge >= 0.3 is 0 Å². The Balaban J connectivity index is 2.53. The normalized spacial score (nSPS) is 31.4. The molecule has 0 aromatic heterocycles. The maximum absolute atomic E-state index is 4.48. The minimum atomic E-state index is 0.682. The third-order valence-corrected chi connectivity index (χ3v) is 2.53. The molecule has 1 rings (SSSR count). The van der Waals surface area contributed by atoms with E-state index in [1.807, 2.05) is 0 Å². The second-order valence-corrected chi connectivity index (χ2v) is 3.60. The molecular weight excluding hydrogens is 150 g/mol. The van der Waals surface area contributed by atoms with Gasteiger partial charge in [-0.15, -0.1) is 0 Å². The molecular formula is C9H19N3. The molecule has 3 nitrogen and oxygen atoms in total. The highest BCUT2D eigenvalue weighted by atomic mass is 15.4. The highest BCUT2D eigenvalue weighted by Crippen LogP contribution is 2.11. The Morgan fingerprint density at radius 2 is 2.17 bits per heavy atom. The van der Waals surface area contributed by atoms with Crippen molar-refractivity contribution in [3.05, 3.63) is 0 Å². The van der Waals surface area contributed by atoms with Gasteiger partial charge in [-0.2, -0.15) is 0 Å². The van der Waals surface area contributed by atoms with Crippen LogP contribution in [0.2, 0.25) is 0 Å². The van der Waals surface area contributed by atoms with Crippen molar-refractivity contribution in [2.75, 3.05) is 13.1 Å². The third-order valence-electron chi connectivity index (χ3n) is 2.53. The molecule has 1 aliphatic heterocycles. The topological polar surface area (TPSA) is 36.4 Å². The van der Waals surface area contributed by atoms with E-state index in [-0.39, 0.29) is 0 Å². The van der Waals surface area contributed by atoms with E-state index in [0.29, 0.717) is 11.8 Å². The summed E-state index contributed by atoms with van der Waals surface area (Å²) in [5, 5.41) is 0. The lowest BCUT2D eigenvalue weighted by atomic mass is 9.96. The fraction of sp³-hybridized carbons (Fsp3) is 0.889. The van der Waals surface area contributed by atoms with Gasteiger partial charge in [0.1, 0.15) is 5.84 Å². The van der Waals surface area contributed by atoms with E-state index < -0.39 is 0 Å². The molecule has 0 aromatic carbocycles. The number of hydrogen-bond acceptors (Lipinski definition) is 3. The Kier molecular flexibility index (Phi) is 3.53. The highest BCUT2D eigenvalue weighted by Gasteiger charge is 2.13. The summed E-state index contributed by atoms with van der Waals surface area (Å²) >= 11 is 0. The molecule has 0 aliphatic carbocycles. The minimum absolute atomic E-state index is 0.682. The fourth-order valence-corrected chi connectivity index (χ4v) is 1.19. The molecule has 2 unspecified atom stereocenters. The lowest BCUT2D eigenvalue weighted by Crippen LogP contribution is -2.43. The van der Waals surface area contributed by atoms with Crippen LogP contribution in [-0.4, -0.2) is 18.9 Å². The molecule has 3 heteroatoms. The van der Waals surface area contributed by atoms with Crippen LogP contribution in [0, 0.1) is 11.8 Å². The summed E-state index contributed by atoms with van der Waals surface area (Å²) in [4.78, 5) is 4.48. The molecule has 12 heavy (non-hydrogen) atoms. The van der Waals surface area contributed by atoms with Crippen molar-refractivity contribution in [1.82, 2.24) is 10.9 Å². The van der Waals surface area contributed by atoms with Gasteiger partial charge in [-0.25, -0.2) is 5.43 Å². The summed E-state index contributed by atoms with van der Waals surface area (Å²) in [5.74, 6) is 2.45. The van der Waals surface area contributed by atoms with Gasteiger partial charge in [-0.05, 0) is 11.8 Å². The first kappa shape index (κ1) is 9.52. The molecule has 0 amide bonds. The van der Waals surface area contributed by atoms with Crippen LogP contribution in [0.4, 0.5) is 0 Å². The molecule has 0 fully saturated rings. The Hall–Kier alpha value is -0.570. The van der Waals surface area contributed by atoms with E-state index >= 15 is 0 Å². The summed E-state index contributed by atoms with van der Waals surface area (Å²) in [6, 6.07) is 0. The van der Waals surface area contributed by atoms with Gasteiger partial charge in [0, 0.05) is 19.5 Å². The molecule has 0 radical (unpaired) electrons. The van der Waals surface area contributed by atoms with Crippen LogP contribution >= 0.6 is 0 Å². The number of amidine groups is 1. The van der Waals surface area contributed by atoms with E-state index in [1.165, 1.54) is 0 Å². The summed E-state index contributed by atoms with van der Waals surface area (Å²) < 4.78 is 0. The quantitative estimate of drug-likeness (QED) is 0.618. The first-order chi connectivity index (χ1) is 5.74. The third kappa shape index (κ3) is 2.48. The molecule has 1 heterocycles.